The fourth-order valence-corrected chi connectivity index (χ4v) is 4.97. The largest absolute Gasteiger partial charge is 0.497 e. The molecular weight excluding hydrogens is 406 g/mol. The lowest BCUT2D eigenvalue weighted by molar-refractivity contribution is 0.101. The molecule has 1 amide bonds. The molecule has 156 valence electrons. The van der Waals surface area contributed by atoms with Crippen molar-refractivity contribution in [1.82, 2.24) is 5.16 Å². The molecule has 0 fully saturated rings. The van der Waals surface area contributed by atoms with E-state index in [2.05, 4.69) is 10.5 Å². The molecule has 1 N–H and O–H groups in total. The van der Waals surface area contributed by atoms with E-state index < -0.39 is 10.0 Å². The number of carbonyl (C=O) groups is 1. The normalized spacial score (nSPS) is 13.6. The lowest BCUT2D eigenvalue weighted by Crippen LogP contribution is -2.35. The van der Waals surface area contributed by atoms with Crippen molar-refractivity contribution in [3.63, 3.8) is 0 Å². The van der Waals surface area contributed by atoms with Crippen LogP contribution in [0, 0.1) is 6.92 Å². The van der Waals surface area contributed by atoms with Crippen LogP contribution in [0.1, 0.15) is 28.2 Å². The van der Waals surface area contributed by atoms with Crippen molar-refractivity contribution in [2.24, 2.45) is 0 Å². The van der Waals surface area contributed by atoms with Gasteiger partial charge in [0.1, 0.15) is 11.5 Å². The molecule has 1 aromatic heterocycles. The van der Waals surface area contributed by atoms with Crippen LogP contribution < -0.4 is 14.4 Å². The zero-order chi connectivity index (χ0) is 21.3. The zero-order valence-corrected chi connectivity index (χ0v) is 17.4. The van der Waals surface area contributed by atoms with Crippen LogP contribution in [0.25, 0.3) is 0 Å². The van der Waals surface area contributed by atoms with Crippen molar-refractivity contribution in [3.05, 3.63) is 65.5 Å². The average Bonchev–Trinajstić information content (AvgIpc) is 3.19. The van der Waals surface area contributed by atoms with Crippen molar-refractivity contribution >= 4 is 27.3 Å². The average molecular weight is 427 g/mol. The zero-order valence-electron chi connectivity index (χ0n) is 16.6. The molecule has 0 unspecified atom stereocenters. The van der Waals surface area contributed by atoms with Gasteiger partial charge in [-0.2, -0.15) is 0 Å². The van der Waals surface area contributed by atoms with Crippen LogP contribution in [-0.2, 0) is 16.4 Å². The number of carbonyl (C=O) groups excluding carboxylic acids is 1. The predicted molar refractivity (Wildman–Crippen MR) is 111 cm³/mol. The highest BCUT2D eigenvalue weighted by molar-refractivity contribution is 7.92. The number of benzene rings is 2. The van der Waals surface area contributed by atoms with E-state index in [1.54, 1.807) is 43.3 Å². The number of anilines is 2. The summed E-state index contributed by atoms with van der Waals surface area (Å²) in [5.74, 6) is 0.756. The summed E-state index contributed by atoms with van der Waals surface area (Å²) in [5.41, 5.74) is 2.23. The molecule has 0 radical (unpaired) electrons. The van der Waals surface area contributed by atoms with Gasteiger partial charge in [-0.1, -0.05) is 5.16 Å². The number of fused-ring (bicyclic) bond motifs is 1. The first-order valence-corrected chi connectivity index (χ1v) is 10.9. The van der Waals surface area contributed by atoms with Gasteiger partial charge in [0.2, 0.25) is 0 Å². The Morgan fingerprint density at radius 2 is 1.93 bits per heavy atom. The van der Waals surface area contributed by atoms with Gasteiger partial charge in [0.05, 0.1) is 17.7 Å². The van der Waals surface area contributed by atoms with E-state index in [1.807, 2.05) is 0 Å². The first kappa shape index (κ1) is 20.0. The van der Waals surface area contributed by atoms with Crippen molar-refractivity contribution in [1.29, 1.82) is 0 Å². The number of aryl methyl sites for hydroxylation is 2. The SMILES string of the molecule is COc1ccc(S(=O)(=O)N2CCCc3cc(NC(=O)c4cc(C)on4)ccc32)cc1. The van der Waals surface area contributed by atoms with Crippen LogP contribution in [0.2, 0.25) is 0 Å². The standard InChI is InChI=1S/C21H21N3O5S/c1-14-12-19(23-29-14)21(25)22-16-5-10-20-15(13-16)4-3-11-24(20)30(26,27)18-8-6-17(28-2)7-9-18/h5-10,12-13H,3-4,11H2,1-2H3,(H,22,25). The van der Waals surface area contributed by atoms with E-state index >= 15 is 0 Å². The number of nitrogens with zero attached hydrogens (tertiary/aromatic N) is 2. The Bertz CT molecular complexity index is 1190. The van der Waals surface area contributed by atoms with Gasteiger partial charge in [0.25, 0.3) is 15.9 Å². The van der Waals surface area contributed by atoms with Gasteiger partial charge in [-0.3, -0.25) is 9.10 Å². The second kappa shape index (κ2) is 7.83. The minimum atomic E-state index is -3.71. The van der Waals surface area contributed by atoms with Crippen LogP contribution >= 0.6 is 0 Å². The van der Waals surface area contributed by atoms with Gasteiger partial charge in [-0.25, -0.2) is 8.42 Å². The van der Waals surface area contributed by atoms with Crippen molar-refractivity contribution in [3.8, 4) is 5.75 Å². The maximum atomic E-state index is 13.2. The van der Waals surface area contributed by atoms with E-state index in [0.29, 0.717) is 35.9 Å². The summed E-state index contributed by atoms with van der Waals surface area (Å²) < 4.78 is 37.8. The molecule has 0 saturated heterocycles. The van der Waals surface area contributed by atoms with Crippen molar-refractivity contribution in [2.75, 3.05) is 23.3 Å². The maximum absolute atomic E-state index is 13.2. The number of amides is 1. The molecule has 2 heterocycles. The maximum Gasteiger partial charge on any atom is 0.277 e. The molecule has 1 aliphatic heterocycles. The number of sulfonamides is 1. The Morgan fingerprint density at radius 3 is 2.60 bits per heavy atom. The second-order valence-electron chi connectivity index (χ2n) is 6.98. The number of hydrogen-bond donors (Lipinski definition) is 1. The Hall–Kier alpha value is -3.33. The number of methoxy groups -OCH3 is 1. The number of aromatic nitrogens is 1. The predicted octanol–water partition coefficient (Wildman–Crippen LogP) is 3.39. The molecule has 0 bridgehead atoms. The molecule has 30 heavy (non-hydrogen) atoms. The number of rotatable bonds is 5. The summed E-state index contributed by atoms with van der Waals surface area (Å²) in [7, 11) is -2.18. The van der Waals surface area contributed by atoms with Gasteiger partial charge in [-0.05, 0) is 67.8 Å². The summed E-state index contributed by atoms with van der Waals surface area (Å²) in [4.78, 5) is 12.5. The van der Waals surface area contributed by atoms with E-state index in [0.717, 1.165) is 12.0 Å². The van der Waals surface area contributed by atoms with Gasteiger partial charge in [-0.15, -0.1) is 0 Å². The van der Waals surface area contributed by atoms with Gasteiger partial charge in [0, 0.05) is 18.3 Å². The molecular formula is C21H21N3O5S. The number of hydrogen-bond acceptors (Lipinski definition) is 6. The number of ether oxygens (including phenoxy) is 1. The third-order valence-electron chi connectivity index (χ3n) is 4.92. The highest BCUT2D eigenvalue weighted by Gasteiger charge is 2.29. The second-order valence-corrected chi connectivity index (χ2v) is 8.84. The molecule has 0 spiro atoms. The smallest absolute Gasteiger partial charge is 0.277 e. The van der Waals surface area contributed by atoms with E-state index in [-0.39, 0.29) is 16.5 Å². The Kier molecular flexibility index (Phi) is 5.21. The van der Waals surface area contributed by atoms with E-state index in [9.17, 15) is 13.2 Å². The quantitative estimate of drug-likeness (QED) is 0.670. The van der Waals surface area contributed by atoms with Gasteiger partial charge in [0.15, 0.2) is 5.69 Å². The Balaban J connectivity index is 1.60. The monoisotopic (exact) mass is 427 g/mol. The molecule has 8 nitrogen and oxygen atoms in total. The van der Waals surface area contributed by atoms with Crippen LogP contribution in [-0.4, -0.2) is 33.1 Å². The third-order valence-corrected chi connectivity index (χ3v) is 6.75. The first-order chi connectivity index (χ1) is 14.4. The molecule has 3 aromatic rings. The number of nitrogens with one attached hydrogen (secondary N) is 1. The minimum Gasteiger partial charge on any atom is -0.497 e. The third kappa shape index (κ3) is 3.76. The summed E-state index contributed by atoms with van der Waals surface area (Å²) in [5, 5.41) is 6.48. The molecule has 9 heteroatoms. The van der Waals surface area contributed by atoms with Crippen LogP contribution in [0.4, 0.5) is 11.4 Å². The fourth-order valence-electron chi connectivity index (χ4n) is 3.43. The first-order valence-electron chi connectivity index (χ1n) is 9.43. The van der Waals surface area contributed by atoms with E-state index in [1.165, 1.54) is 23.5 Å². The summed E-state index contributed by atoms with van der Waals surface area (Å²) in [6.07, 6.45) is 1.40. The van der Waals surface area contributed by atoms with E-state index in [4.69, 9.17) is 9.26 Å². The van der Waals surface area contributed by atoms with Crippen LogP contribution in [0.3, 0.4) is 0 Å². The summed E-state index contributed by atoms with van der Waals surface area (Å²) in [6, 6.07) is 13.1. The summed E-state index contributed by atoms with van der Waals surface area (Å²) >= 11 is 0. The molecule has 2 aromatic carbocycles. The Morgan fingerprint density at radius 1 is 1.17 bits per heavy atom. The molecule has 0 saturated carbocycles. The fraction of sp³-hybridized carbons (Fsp3) is 0.238. The van der Waals surface area contributed by atoms with Crippen LogP contribution in [0.15, 0.2) is 57.9 Å². The topological polar surface area (TPSA) is 102 Å². The lowest BCUT2D eigenvalue weighted by atomic mass is 10.0. The minimum absolute atomic E-state index is 0.189. The molecule has 1 aliphatic rings. The molecule has 0 atom stereocenters. The molecule has 0 aliphatic carbocycles. The molecule has 4 rings (SSSR count). The highest BCUT2D eigenvalue weighted by atomic mass is 32.2. The van der Waals surface area contributed by atoms with Gasteiger partial charge < -0.3 is 14.6 Å². The lowest BCUT2D eigenvalue weighted by Gasteiger charge is -2.31. The van der Waals surface area contributed by atoms with Gasteiger partial charge >= 0.3 is 0 Å². The van der Waals surface area contributed by atoms with Crippen LogP contribution in [0.5, 0.6) is 5.75 Å². The summed E-state index contributed by atoms with van der Waals surface area (Å²) in [6.45, 7) is 2.10. The van der Waals surface area contributed by atoms with Crippen molar-refractivity contribution in [2.45, 2.75) is 24.7 Å². The highest BCUT2D eigenvalue weighted by Crippen LogP contribution is 2.34. The Labute approximate surface area is 174 Å². The van der Waals surface area contributed by atoms with Crippen molar-refractivity contribution < 1.29 is 22.5 Å².